The van der Waals surface area contributed by atoms with Crippen LogP contribution in [0.3, 0.4) is 0 Å². The number of hydrogen-bond donors (Lipinski definition) is 1. The molecule has 0 aliphatic carbocycles. The maximum absolute atomic E-state index is 14.2. The van der Waals surface area contributed by atoms with Gasteiger partial charge in [0.25, 0.3) is 5.91 Å². The Kier molecular flexibility index (Phi) is 7.18. The fourth-order valence-corrected chi connectivity index (χ4v) is 4.32. The highest BCUT2D eigenvalue weighted by atomic mass is 32.1. The van der Waals surface area contributed by atoms with E-state index in [2.05, 4.69) is 5.32 Å². The summed E-state index contributed by atoms with van der Waals surface area (Å²) in [4.78, 5) is 29.4. The highest BCUT2D eigenvalue weighted by Gasteiger charge is 2.43. The number of carbonyl (C=O) groups is 2. The Labute approximate surface area is 202 Å². The predicted molar refractivity (Wildman–Crippen MR) is 133 cm³/mol. The molecule has 1 aliphatic rings. The molecule has 4 rings (SSSR count). The SMILES string of the molecule is COc1ccc(NC(=O)C[C@@H]2C(=O)N(c3ccccc3)C(=S)N2CCc2ccccc2F)cc1. The zero-order valence-corrected chi connectivity index (χ0v) is 19.4. The zero-order valence-electron chi connectivity index (χ0n) is 18.6. The van der Waals surface area contributed by atoms with Crippen LogP contribution in [-0.4, -0.2) is 41.5 Å². The van der Waals surface area contributed by atoms with Crippen molar-refractivity contribution < 1.29 is 18.7 Å². The third kappa shape index (κ3) is 5.07. The maximum atomic E-state index is 14.2. The number of carbonyl (C=O) groups excluding carboxylic acids is 2. The number of anilines is 2. The van der Waals surface area contributed by atoms with Crippen molar-refractivity contribution in [3.8, 4) is 5.75 Å². The Bertz CT molecular complexity index is 1190. The van der Waals surface area contributed by atoms with Gasteiger partial charge in [-0.15, -0.1) is 0 Å². The van der Waals surface area contributed by atoms with Crippen molar-refractivity contribution in [2.45, 2.75) is 18.9 Å². The first-order chi connectivity index (χ1) is 16.5. The van der Waals surface area contributed by atoms with Gasteiger partial charge in [0.15, 0.2) is 5.11 Å². The van der Waals surface area contributed by atoms with Gasteiger partial charge in [0, 0.05) is 12.2 Å². The summed E-state index contributed by atoms with van der Waals surface area (Å²) in [6, 6.07) is 21.7. The second kappa shape index (κ2) is 10.4. The Balaban J connectivity index is 1.54. The maximum Gasteiger partial charge on any atom is 0.256 e. The molecule has 0 saturated carbocycles. The fourth-order valence-electron chi connectivity index (χ4n) is 3.91. The van der Waals surface area contributed by atoms with E-state index >= 15 is 0 Å². The van der Waals surface area contributed by atoms with Crippen LogP contribution in [0.2, 0.25) is 0 Å². The summed E-state index contributed by atoms with van der Waals surface area (Å²) in [5, 5.41) is 3.12. The molecular weight excluding hydrogens is 453 g/mol. The van der Waals surface area contributed by atoms with E-state index in [9.17, 15) is 14.0 Å². The number of halogens is 1. The first-order valence-corrected chi connectivity index (χ1v) is 11.3. The summed E-state index contributed by atoms with van der Waals surface area (Å²) in [5.74, 6) is -0.244. The Morgan fingerprint density at radius 2 is 1.71 bits per heavy atom. The topological polar surface area (TPSA) is 61.9 Å². The second-order valence-electron chi connectivity index (χ2n) is 7.82. The van der Waals surface area contributed by atoms with E-state index in [4.69, 9.17) is 17.0 Å². The minimum Gasteiger partial charge on any atom is -0.497 e. The average Bonchev–Trinajstić information content (AvgIpc) is 3.08. The molecule has 34 heavy (non-hydrogen) atoms. The molecule has 1 atom stereocenters. The average molecular weight is 478 g/mol. The number of ether oxygens (including phenoxy) is 1. The molecule has 0 bridgehead atoms. The fraction of sp³-hybridized carbons (Fsp3) is 0.192. The Morgan fingerprint density at radius 3 is 2.38 bits per heavy atom. The van der Waals surface area contributed by atoms with Crippen LogP contribution in [0.15, 0.2) is 78.9 Å². The van der Waals surface area contributed by atoms with Gasteiger partial charge in [-0.1, -0.05) is 36.4 Å². The van der Waals surface area contributed by atoms with Crippen LogP contribution in [0, 0.1) is 5.82 Å². The van der Waals surface area contributed by atoms with Gasteiger partial charge in [-0.05, 0) is 66.7 Å². The van der Waals surface area contributed by atoms with E-state index in [0.29, 0.717) is 40.8 Å². The van der Waals surface area contributed by atoms with Crippen molar-refractivity contribution in [2.24, 2.45) is 0 Å². The van der Waals surface area contributed by atoms with Gasteiger partial charge in [-0.25, -0.2) is 4.39 Å². The predicted octanol–water partition coefficient (Wildman–Crippen LogP) is 4.41. The van der Waals surface area contributed by atoms with Gasteiger partial charge in [-0.2, -0.15) is 0 Å². The number of hydrogen-bond acceptors (Lipinski definition) is 4. The summed E-state index contributed by atoms with van der Waals surface area (Å²) in [7, 11) is 1.57. The van der Waals surface area contributed by atoms with E-state index < -0.39 is 6.04 Å². The number of amides is 2. The van der Waals surface area contributed by atoms with Crippen molar-refractivity contribution in [1.29, 1.82) is 0 Å². The van der Waals surface area contributed by atoms with Crippen molar-refractivity contribution in [1.82, 2.24) is 4.90 Å². The molecule has 3 aromatic rings. The monoisotopic (exact) mass is 477 g/mol. The molecule has 1 heterocycles. The third-order valence-corrected chi connectivity index (χ3v) is 6.08. The molecule has 6 nitrogen and oxygen atoms in total. The highest BCUT2D eigenvalue weighted by molar-refractivity contribution is 7.80. The number of benzene rings is 3. The van der Waals surface area contributed by atoms with Crippen LogP contribution in [0.1, 0.15) is 12.0 Å². The molecular formula is C26H24FN3O3S. The molecule has 2 amide bonds. The zero-order chi connectivity index (χ0) is 24.1. The number of para-hydroxylation sites is 1. The molecule has 0 spiro atoms. The molecule has 174 valence electrons. The lowest BCUT2D eigenvalue weighted by atomic mass is 10.1. The van der Waals surface area contributed by atoms with Crippen molar-refractivity contribution in [3.05, 3.63) is 90.2 Å². The first-order valence-electron chi connectivity index (χ1n) is 10.8. The Hall–Kier alpha value is -3.78. The van der Waals surface area contributed by atoms with Crippen LogP contribution in [0.4, 0.5) is 15.8 Å². The third-order valence-electron chi connectivity index (χ3n) is 5.67. The summed E-state index contributed by atoms with van der Waals surface area (Å²) >= 11 is 5.65. The van der Waals surface area contributed by atoms with Gasteiger partial charge in [0.1, 0.15) is 17.6 Å². The van der Waals surface area contributed by atoms with Crippen LogP contribution in [0.5, 0.6) is 5.75 Å². The van der Waals surface area contributed by atoms with Gasteiger partial charge in [0.05, 0.1) is 19.2 Å². The number of nitrogens with zero attached hydrogens (tertiary/aromatic N) is 2. The lowest BCUT2D eigenvalue weighted by Gasteiger charge is -2.24. The summed E-state index contributed by atoms with van der Waals surface area (Å²) < 4.78 is 19.3. The van der Waals surface area contributed by atoms with Gasteiger partial charge in [0.2, 0.25) is 5.91 Å². The largest absolute Gasteiger partial charge is 0.497 e. The van der Waals surface area contributed by atoms with Crippen LogP contribution >= 0.6 is 12.2 Å². The van der Waals surface area contributed by atoms with E-state index in [1.54, 1.807) is 66.6 Å². The lowest BCUT2D eigenvalue weighted by molar-refractivity contribution is -0.124. The minimum atomic E-state index is -0.794. The molecule has 8 heteroatoms. The smallest absolute Gasteiger partial charge is 0.256 e. The molecule has 3 aromatic carbocycles. The van der Waals surface area contributed by atoms with E-state index in [1.807, 2.05) is 18.2 Å². The van der Waals surface area contributed by atoms with E-state index in [1.165, 1.54) is 11.0 Å². The molecule has 0 radical (unpaired) electrons. The van der Waals surface area contributed by atoms with E-state index in [0.717, 1.165) is 0 Å². The van der Waals surface area contributed by atoms with Crippen LogP contribution in [0.25, 0.3) is 0 Å². The van der Waals surface area contributed by atoms with Gasteiger partial charge in [-0.3, -0.25) is 14.5 Å². The quantitative estimate of drug-likeness (QED) is 0.487. The number of nitrogens with one attached hydrogen (secondary N) is 1. The standard InChI is InChI=1S/C26H24FN3O3S/c1-33-21-13-11-19(12-14-21)28-24(31)17-23-25(32)30(20-8-3-2-4-9-20)26(34)29(23)16-15-18-7-5-6-10-22(18)27/h2-14,23H,15-17H2,1H3,(H,28,31)/t23-/m1/s1. The van der Waals surface area contributed by atoms with Crippen LogP contribution in [-0.2, 0) is 16.0 Å². The Morgan fingerprint density at radius 1 is 1.03 bits per heavy atom. The van der Waals surface area contributed by atoms with Gasteiger partial charge < -0.3 is 15.0 Å². The second-order valence-corrected chi connectivity index (χ2v) is 8.19. The number of thiocarbonyl (C=S) groups is 1. The molecule has 0 aromatic heterocycles. The molecule has 1 aliphatic heterocycles. The summed E-state index contributed by atoms with van der Waals surface area (Å²) in [6.45, 7) is 0.301. The summed E-state index contributed by atoms with van der Waals surface area (Å²) in [5.41, 5.74) is 1.75. The molecule has 0 unspecified atom stereocenters. The van der Waals surface area contributed by atoms with Crippen molar-refractivity contribution in [3.63, 3.8) is 0 Å². The van der Waals surface area contributed by atoms with Crippen LogP contribution < -0.4 is 15.0 Å². The highest BCUT2D eigenvalue weighted by Crippen LogP contribution is 2.28. The number of methoxy groups -OCH3 is 1. The lowest BCUT2D eigenvalue weighted by Crippen LogP contribution is -2.39. The first kappa shape index (κ1) is 23.4. The van der Waals surface area contributed by atoms with Crippen molar-refractivity contribution >= 4 is 40.5 Å². The minimum absolute atomic E-state index is 0.0917. The molecule has 1 N–H and O–H groups in total. The van der Waals surface area contributed by atoms with E-state index in [-0.39, 0.29) is 24.1 Å². The molecule has 1 fully saturated rings. The van der Waals surface area contributed by atoms with Crippen molar-refractivity contribution in [2.75, 3.05) is 23.9 Å². The number of rotatable bonds is 8. The molecule has 1 saturated heterocycles. The normalized spacial score (nSPS) is 15.5. The van der Waals surface area contributed by atoms with Gasteiger partial charge >= 0.3 is 0 Å². The summed E-state index contributed by atoms with van der Waals surface area (Å²) in [6.07, 6.45) is 0.255.